The number of likely N-dealkylation sites (N-methyl/N-ethyl adjacent to an activating group) is 1. The quantitative estimate of drug-likeness (QED) is 0.430. The molecule has 176 valence electrons. The molecule has 0 aliphatic carbocycles. The first kappa shape index (κ1) is 27.2. The van der Waals surface area contributed by atoms with Crippen molar-refractivity contribution in [2.75, 3.05) is 59.6 Å². The molecule has 0 bridgehead atoms. The first-order valence-corrected chi connectivity index (χ1v) is 10.8. The first-order chi connectivity index (χ1) is 14.6. The molecule has 0 atom stereocenters. The molecule has 0 saturated carbocycles. The third-order valence-corrected chi connectivity index (χ3v) is 5.71. The van der Waals surface area contributed by atoms with Crippen LogP contribution in [-0.4, -0.2) is 91.5 Å². The van der Waals surface area contributed by atoms with Gasteiger partial charge in [0.15, 0.2) is 0 Å². The van der Waals surface area contributed by atoms with E-state index in [-0.39, 0.29) is 5.41 Å². The highest BCUT2D eigenvalue weighted by molar-refractivity contribution is 6.32. The van der Waals surface area contributed by atoms with Crippen molar-refractivity contribution in [2.24, 2.45) is 0 Å². The highest BCUT2D eigenvalue weighted by atomic mass is 35.5. The average molecular weight is 459 g/mol. The van der Waals surface area contributed by atoms with Crippen molar-refractivity contribution in [3.63, 3.8) is 0 Å². The van der Waals surface area contributed by atoms with Crippen LogP contribution in [0, 0.1) is 0 Å². The van der Waals surface area contributed by atoms with Gasteiger partial charge in [-0.05, 0) is 36.6 Å². The Labute approximate surface area is 189 Å². The summed E-state index contributed by atoms with van der Waals surface area (Å²) in [6.07, 6.45) is 1.07. The number of benzene rings is 1. The molecule has 0 radical (unpaired) electrons. The van der Waals surface area contributed by atoms with Crippen LogP contribution in [0.3, 0.4) is 0 Å². The normalized spacial score (nSPS) is 15.1. The first-order valence-electron chi connectivity index (χ1n) is 10.4. The number of halogens is 1. The molecule has 0 unspecified atom stereocenters. The van der Waals surface area contributed by atoms with Crippen molar-refractivity contribution < 1.29 is 29.3 Å². The van der Waals surface area contributed by atoms with Crippen molar-refractivity contribution in [1.82, 2.24) is 9.80 Å². The van der Waals surface area contributed by atoms with Crippen molar-refractivity contribution >= 4 is 23.5 Å². The number of nitrogens with zero attached hydrogens (tertiary/aromatic N) is 2. The molecule has 0 amide bonds. The molecule has 2 N–H and O–H groups in total. The maximum Gasteiger partial charge on any atom is 0.414 e. The third kappa shape index (κ3) is 10.3. The van der Waals surface area contributed by atoms with E-state index < -0.39 is 11.9 Å². The molecule has 1 aromatic carbocycles. The highest BCUT2D eigenvalue weighted by Crippen LogP contribution is 2.33. The maximum absolute atomic E-state index is 9.10. The Bertz CT molecular complexity index is 693. The predicted molar refractivity (Wildman–Crippen MR) is 120 cm³/mol. The molecule has 1 aliphatic rings. The van der Waals surface area contributed by atoms with E-state index in [1.165, 1.54) is 5.56 Å². The zero-order valence-corrected chi connectivity index (χ0v) is 19.7. The van der Waals surface area contributed by atoms with E-state index in [2.05, 4.69) is 43.7 Å². The zero-order valence-electron chi connectivity index (χ0n) is 18.9. The SMILES string of the molecule is CCC(C)(C)c1ccc(OCCOCCN2CCN(C)CC2)c(Cl)c1.O=C(O)C(=O)O. The lowest BCUT2D eigenvalue weighted by molar-refractivity contribution is -0.159. The number of ether oxygens (including phenoxy) is 2. The second kappa shape index (κ2) is 13.5. The van der Waals surface area contributed by atoms with Gasteiger partial charge in [0.05, 0.1) is 18.2 Å². The molecule has 8 nitrogen and oxygen atoms in total. The van der Waals surface area contributed by atoms with Gasteiger partial charge in [-0.25, -0.2) is 9.59 Å². The Morgan fingerprint density at radius 3 is 2.19 bits per heavy atom. The summed E-state index contributed by atoms with van der Waals surface area (Å²) in [5, 5.41) is 15.5. The summed E-state index contributed by atoms with van der Waals surface area (Å²) >= 11 is 6.37. The molecule has 1 saturated heterocycles. The van der Waals surface area contributed by atoms with Crippen LogP contribution in [0.2, 0.25) is 5.02 Å². The van der Waals surface area contributed by atoms with Gasteiger partial charge in [-0.15, -0.1) is 0 Å². The van der Waals surface area contributed by atoms with Crippen LogP contribution in [0.15, 0.2) is 18.2 Å². The van der Waals surface area contributed by atoms with Crippen molar-refractivity contribution in [3.8, 4) is 5.75 Å². The Balaban J connectivity index is 0.000000703. The number of carboxylic acid groups (broad SMARTS) is 2. The van der Waals surface area contributed by atoms with Gasteiger partial charge in [-0.1, -0.05) is 38.4 Å². The fraction of sp³-hybridized carbons (Fsp3) is 0.636. The van der Waals surface area contributed by atoms with Crippen LogP contribution < -0.4 is 4.74 Å². The second-order valence-electron chi connectivity index (χ2n) is 8.10. The van der Waals surface area contributed by atoms with E-state index >= 15 is 0 Å². The second-order valence-corrected chi connectivity index (χ2v) is 8.51. The van der Waals surface area contributed by atoms with Crippen LogP contribution in [0.4, 0.5) is 0 Å². The number of carbonyl (C=O) groups is 2. The molecule has 2 rings (SSSR count). The van der Waals surface area contributed by atoms with E-state index in [4.69, 9.17) is 40.9 Å². The fourth-order valence-electron chi connectivity index (χ4n) is 2.82. The highest BCUT2D eigenvalue weighted by Gasteiger charge is 2.19. The molecule has 0 spiro atoms. The van der Waals surface area contributed by atoms with Gasteiger partial charge >= 0.3 is 11.9 Å². The van der Waals surface area contributed by atoms with Crippen molar-refractivity contribution in [2.45, 2.75) is 32.6 Å². The minimum absolute atomic E-state index is 0.133. The van der Waals surface area contributed by atoms with E-state index in [1.54, 1.807) is 0 Å². The summed E-state index contributed by atoms with van der Waals surface area (Å²) in [5.41, 5.74) is 1.38. The Kier molecular flexibility index (Phi) is 11.8. The Morgan fingerprint density at radius 1 is 1.06 bits per heavy atom. The summed E-state index contributed by atoms with van der Waals surface area (Å²) in [6.45, 7) is 14.1. The van der Waals surface area contributed by atoms with E-state index in [0.29, 0.717) is 18.2 Å². The summed E-state index contributed by atoms with van der Waals surface area (Å²) in [5.74, 6) is -2.91. The summed E-state index contributed by atoms with van der Waals surface area (Å²) in [6, 6.07) is 6.10. The van der Waals surface area contributed by atoms with Crippen LogP contribution in [0.25, 0.3) is 0 Å². The van der Waals surface area contributed by atoms with Gasteiger partial charge in [0.1, 0.15) is 12.4 Å². The van der Waals surface area contributed by atoms with Crippen LogP contribution >= 0.6 is 11.6 Å². The van der Waals surface area contributed by atoms with Gasteiger partial charge in [-0.3, -0.25) is 4.90 Å². The van der Waals surface area contributed by atoms with Gasteiger partial charge in [0.2, 0.25) is 0 Å². The summed E-state index contributed by atoms with van der Waals surface area (Å²) in [7, 11) is 2.17. The van der Waals surface area contributed by atoms with Gasteiger partial charge in [0.25, 0.3) is 0 Å². The van der Waals surface area contributed by atoms with Gasteiger partial charge < -0.3 is 24.6 Å². The van der Waals surface area contributed by atoms with Crippen LogP contribution in [-0.2, 0) is 19.7 Å². The smallest absolute Gasteiger partial charge is 0.414 e. The Hall–Kier alpha value is -1.87. The van der Waals surface area contributed by atoms with Gasteiger partial charge in [-0.2, -0.15) is 0 Å². The van der Waals surface area contributed by atoms with Gasteiger partial charge in [0, 0.05) is 32.7 Å². The molecular weight excluding hydrogens is 424 g/mol. The minimum Gasteiger partial charge on any atom is -0.490 e. The number of carboxylic acids is 2. The topological polar surface area (TPSA) is 99.5 Å². The zero-order chi connectivity index (χ0) is 23.4. The fourth-order valence-corrected chi connectivity index (χ4v) is 3.06. The third-order valence-electron chi connectivity index (χ3n) is 5.41. The number of hydrogen-bond donors (Lipinski definition) is 2. The summed E-state index contributed by atoms with van der Waals surface area (Å²) < 4.78 is 11.5. The lowest BCUT2D eigenvalue weighted by atomic mass is 9.82. The standard InChI is InChI=1S/C20H33ClN2O2.C2H2O4/c1-5-20(2,3)17-6-7-19(18(21)16-17)25-15-14-24-13-12-23-10-8-22(4)9-11-23;3-1(4)2(5)6/h6-7,16H,5,8-15H2,1-4H3;(H,3,4)(H,5,6). The molecule has 1 aromatic rings. The Morgan fingerprint density at radius 2 is 1.68 bits per heavy atom. The molecule has 9 heteroatoms. The lowest BCUT2D eigenvalue weighted by Crippen LogP contribution is -2.45. The van der Waals surface area contributed by atoms with Crippen LogP contribution in [0.1, 0.15) is 32.8 Å². The molecular formula is C22H35ClN2O6. The molecule has 0 aromatic heterocycles. The van der Waals surface area contributed by atoms with Crippen molar-refractivity contribution in [3.05, 3.63) is 28.8 Å². The predicted octanol–water partition coefficient (Wildman–Crippen LogP) is 2.83. The largest absolute Gasteiger partial charge is 0.490 e. The minimum atomic E-state index is -1.82. The van der Waals surface area contributed by atoms with E-state index in [9.17, 15) is 0 Å². The van der Waals surface area contributed by atoms with Crippen LogP contribution in [0.5, 0.6) is 5.75 Å². The lowest BCUT2D eigenvalue weighted by Gasteiger charge is -2.32. The maximum atomic E-state index is 9.10. The average Bonchev–Trinajstić information content (AvgIpc) is 2.73. The molecule has 1 heterocycles. The monoisotopic (exact) mass is 458 g/mol. The molecule has 31 heavy (non-hydrogen) atoms. The molecule has 1 aliphatic heterocycles. The summed E-state index contributed by atoms with van der Waals surface area (Å²) in [4.78, 5) is 23.0. The molecule has 1 fully saturated rings. The van der Waals surface area contributed by atoms with Crippen molar-refractivity contribution in [1.29, 1.82) is 0 Å². The number of hydrogen-bond acceptors (Lipinski definition) is 6. The van der Waals surface area contributed by atoms with E-state index in [0.717, 1.165) is 51.5 Å². The number of piperazine rings is 1. The number of rotatable bonds is 9. The number of aliphatic carboxylic acids is 2. The van der Waals surface area contributed by atoms with E-state index in [1.807, 2.05) is 12.1 Å².